The summed E-state index contributed by atoms with van der Waals surface area (Å²) in [7, 11) is 0. The monoisotopic (exact) mass is 402 g/mol. The van der Waals surface area contributed by atoms with Gasteiger partial charge in [0.15, 0.2) is 0 Å². The fourth-order valence-corrected chi connectivity index (χ4v) is 2.39. The third-order valence-electron chi connectivity index (χ3n) is 2.57. The Morgan fingerprint density at radius 3 is 2.60 bits per heavy atom. The maximum absolute atomic E-state index is 13.0. The normalized spacial score (nSPS) is 10.3. The molecule has 2 aromatic rings. The minimum absolute atomic E-state index is 0.0754. The Labute approximate surface area is 131 Å². The van der Waals surface area contributed by atoms with E-state index in [2.05, 4.69) is 31.9 Å². The molecule has 3 nitrogen and oxygen atoms in total. The van der Waals surface area contributed by atoms with Crippen molar-refractivity contribution in [1.82, 2.24) is 0 Å². The number of hydrogen-bond donors (Lipinski definition) is 1. The number of carboxylic acids is 1. The minimum atomic E-state index is -1.06. The molecule has 1 N–H and O–H groups in total. The van der Waals surface area contributed by atoms with Crippen molar-refractivity contribution in [3.8, 4) is 5.75 Å². The molecule has 0 aromatic heterocycles. The molecular weight excluding hydrogens is 395 g/mol. The van der Waals surface area contributed by atoms with Crippen LogP contribution < -0.4 is 4.74 Å². The van der Waals surface area contributed by atoms with E-state index in [-0.39, 0.29) is 23.7 Å². The minimum Gasteiger partial charge on any atom is -0.488 e. The van der Waals surface area contributed by atoms with E-state index in [4.69, 9.17) is 9.84 Å². The summed E-state index contributed by atoms with van der Waals surface area (Å²) in [6.07, 6.45) is 0. The van der Waals surface area contributed by atoms with Crippen LogP contribution in [0.15, 0.2) is 45.3 Å². The van der Waals surface area contributed by atoms with Crippen LogP contribution >= 0.6 is 31.9 Å². The van der Waals surface area contributed by atoms with Gasteiger partial charge in [-0.25, -0.2) is 9.18 Å². The van der Waals surface area contributed by atoms with Gasteiger partial charge >= 0.3 is 5.97 Å². The lowest BCUT2D eigenvalue weighted by Gasteiger charge is -2.11. The van der Waals surface area contributed by atoms with Crippen molar-refractivity contribution in [2.45, 2.75) is 6.61 Å². The number of halogens is 3. The van der Waals surface area contributed by atoms with E-state index in [1.807, 2.05) is 0 Å². The van der Waals surface area contributed by atoms with Crippen LogP contribution in [-0.2, 0) is 6.61 Å². The number of rotatable bonds is 4. The Balaban J connectivity index is 2.22. The second-order valence-corrected chi connectivity index (χ2v) is 5.74. The van der Waals surface area contributed by atoms with Crippen molar-refractivity contribution in [1.29, 1.82) is 0 Å². The third-order valence-corrected chi connectivity index (χ3v) is 3.80. The molecule has 2 rings (SSSR count). The SMILES string of the molecule is O=C(O)c1ccc(Br)cc1OCc1ccc(F)cc1Br. The second kappa shape index (κ2) is 6.37. The van der Waals surface area contributed by atoms with Crippen molar-refractivity contribution in [2.75, 3.05) is 0 Å². The lowest BCUT2D eigenvalue weighted by atomic mass is 10.2. The average Bonchev–Trinajstić information content (AvgIpc) is 2.37. The zero-order valence-corrected chi connectivity index (χ0v) is 13.2. The summed E-state index contributed by atoms with van der Waals surface area (Å²) in [6.45, 7) is 0.137. The molecule has 0 aliphatic carbocycles. The van der Waals surface area contributed by atoms with Crippen LogP contribution in [0.4, 0.5) is 4.39 Å². The molecule has 0 aliphatic heterocycles. The zero-order valence-electron chi connectivity index (χ0n) is 10.1. The van der Waals surface area contributed by atoms with Crippen LogP contribution in [-0.4, -0.2) is 11.1 Å². The fourth-order valence-electron chi connectivity index (χ4n) is 1.59. The van der Waals surface area contributed by atoms with Gasteiger partial charge in [-0.15, -0.1) is 0 Å². The third kappa shape index (κ3) is 3.58. The van der Waals surface area contributed by atoms with E-state index in [9.17, 15) is 9.18 Å². The van der Waals surface area contributed by atoms with Crippen molar-refractivity contribution >= 4 is 37.8 Å². The largest absolute Gasteiger partial charge is 0.488 e. The van der Waals surface area contributed by atoms with Crippen LogP contribution in [0.25, 0.3) is 0 Å². The molecule has 0 amide bonds. The molecule has 0 saturated heterocycles. The summed E-state index contributed by atoms with van der Waals surface area (Å²) in [5, 5.41) is 9.09. The van der Waals surface area contributed by atoms with E-state index >= 15 is 0 Å². The van der Waals surface area contributed by atoms with Crippen LogP contribution in [0.1, 0.15) is 15.9 Å². The van der Waals surface area contributed by atoms with Gasteiger partial charge in [-0.2, -0.15) is 0 Å². The van der Waals surface area contributed by atoms with Crippen LogP contribution in [0.5, 0.6) is 5.75 Å². The molecule has 6 heteroatoms. The molecule has 2 aromatic carbocycles. The molecule has 0 radical (unpaired) electrons. The average molecular weight is 404 g/mol. The highest BCUT2D eigenvalue weighted by atomic mass is 79.9. The fraction of sp³-hybridized carbons (Fsp3) is 0.0714. The molecule has 0 heterocycles. The molecule has 0 aliphatic rings. The summed E-state index contributed by atoms with van der Waals surface area (Å²) in [5.74, 6) is -1.16. The molecule has 0 fully saturated rings. The molecule has 0 spiro atoms. The quantitative estimate of drug-likeness (QED) is 0.809. The predicted octanol–water partition coefficient (Wildman–Crippen LogP) is 4.63. The molecule has 20 heavy (non-hydrogen) atoms. The first-order chi connectivity index (χ1) is 9.47. The van der Waals surface area contributed by atoms with Crippen molar-refractivity contribution in [3.05, 3.63) is 62.3 Å². The van der Waals surface area contributed by atoms with E-state index in [1.165, 1.54) is 18.2 Å². The molecule has 0 bridgehead atoms. The molecule has 0 atom stereocenters. The van der Waals surface area contributed by atoms with E-state index < -0.39 is 5.97 Å². The zero-order chi connectivity index (χ0) is 14.7. The van der Waals surface area contributed by atoms with Gasteiger partial charge in [0.25, 0.3) is 0 Å². The number of hydrogen-bond acceptors (Lipinski definition) is 2. The number of aromatic carboxylic acids is 1. The highest BCUT2D eigenvalue weighted by Gasteiger charge is 2.12. The predicted molar refractivity (Wildman–Crippen MR) is 79.5 cm³/mol. The van der Waals surface area contributed by atoms with Gasteiger partial charge < -0.3 is 9.84 Å². The van der Waals surface area contributed by atoms with Gasteiger partial charge in [-0.1, -0.05) is 37.9 Å². The number of ether oxygens (including phenoxy) is 1. The van der Waals surface area contributed by atoms with Crippen molar-refractivity contribution < 1.29 is 19.0 Å². The van der Waals surface area contributed by atoms with Gasteiger partial charge in [0.2, 0.25) is 0 Å². The summed E-state index contributed by atoms with van der Waals surface area (Å²) >= 11 is 6.50. The smallest absolute Gasteiger partial charge is 0.339 e. The Kier molecular flexibility index (Phi) is 4.77. The van der Waals surface area contributed by atoms with E-state index in [1.54, 1.807) is 18.2 Å². The summed E-state index contributed by atoms with van der Waals surface area (Å²) < 4.78 is 19.8. The van der Waals surface area contributed by atoms with Gasteiger partial charge in [-0.05, 0) is 30.3 Å². The summed E-state index contributed by atoms with van der Waals surface area (Å²) in [5.41, 5.74) is 0.800. The molecule has 0 saturated carbocycles. The lowest BCUT2D eigenvalue weighted by molar-refractivity contribution is 0.0691. The highest BCUT2D eigenvalue weighted by Crippen LogP contribution is 2.26. The Hall–Kier alpha value is -1.40. The first kappa shape index (κ1) is 15.0. The standard InChI is InChI=1S/C14H9Br2FO3/c15-9-2-4-11(14(18)19)13(5-9)20-7-8-1-3-10(17)6-12(8)16/h1-6H,7H2,(H,18,19). The van der Waals surface area contributed by atoms with Crippen LogP contribution in [0, 0.1) is 5.82 Å². The van der Waals surface area contributed by atoms with Gasteiger partial charge in [0.1, 0.15) is 23.7 Å². The summed E-state index contributed by atoms with van der Waals surface area (Å²) in [4.78, 5) is 11.1. The second-order valence-electron chi connectivity index (χ2n) is 3.97. The van der Waals surface area contributed by atoms with E-state index in [0.717, 1.165) is 10.0 Å². The van der Waals surface area contributed by atoms with E-state index in [0.29, 0.717) is 4.47 Å². The number of carbonyl (C=O) groups is 1. The maximum atomic E-state index is 13.0. The highest BCUT2D eigenvalue weighted by molar-refractivity contribution is 9.10. The van der Waals surface area contributed by atoms with Crippen LogP contribution in [0.3, 0.4) is 0 Å². The van der Waals surface area contributed by atoms with Crippen molar-refractivity contribution in [3.63, 3.8) is 0 Å². The van der Waals surface area contributed by atoms with Gasteiger partial charge in [0.05, 0.1) is 0 Å². The molecule has 104 valence electrons. The van der Waals surface area contributed by atoms with Crippen molar-refractivity contribution in [2.24, 2.45) is 0 Å². The maximum Gasteiger partial charge on any atom is 0.339 e. The Bertz CT molecular complexity index is 659. The first-order valence-corrected chi connectivity index (χ1v) is 7.15. The lowest BCUT2D eigenvalue weighted by Crippen LogP contribution is -2.04. The van der Waals surface area contributed by atoms with Crippen LogP contribution in [0.2, 0.25) is 0 Å². The summed E-state index contributed by atoms with van der Waals surface area (Å²) in [6, 6.07) is 8.91. The first-order valence-electron chi connectivity index (χ1n) is 5.57. The number of carboxylic acid groups (broad SMARTS) is 1. The Morgan fingerprint density at radius 1 is 1.20 bits per heavy atom. The number of benzene rings is 2. The van der Waals surface area contributed by atoms with Gasteiger partial charge in [-0.3, -0.25) is 0 Å². The van der Waals surface area contributed by atoms with Gasteiger partial charge in [0, 0.05) is 14.5 Å². The Morgan fingerprint density at radius 2 is 1.95 bits per heavy atom. The topological polar surface area (TPSA) is 46.5 Å². The molecule has 0 unspecified atom stereocenters. The molecular formula is C14H9Br2FO3.